The number of aromatic nitrogens is 1. The van der Waals surface area contributed by atoms with Crippen molar-refractivity contribution in [3.63, 3.8) is 0 Å². The SMILES string of the molecule is Cc1csc(S)[n+]1Cc1ccccc1.FC(F)(F)c1cc([B-](c2cc(C(F)(F)F)cc(C(F)(F)F)c2)(c2cc(C(F)(F)F)cc(C(F)(F)F)c2)c2cc(C(F)(F)F)cc(C(F)(F)F)c2)cc(C(F)(F)F)c1. The van der Waals surface area contributed by atoms with Crippen molar-refractivity contribution in [2.75, 3.05) is 0 Å². The van der Waals surface area contributed by atoms with Gasteiger partial charge in [-0.1, -0.05) is 103 Å². The maximum atomic E-state index is 14.2. The number of thiol groups is 1. The number of thiazole rings is 1. The monoisotopic (exact) mass is 1090 g/mol. The molecule has 0 aliphatic carbocycles. The Balaban J connectivity index is 0.000000569. The molecule has 0 fully saturated rings. The third kappa shape index (κ3) is 12.9. The standard InChI is InChI=1S/C32H12BF24.C11H11NS2/c34-25(35,36)13-1-14(26(37,38)39)6-21(5-13)33(22-7-15(27(40,41)42)2-16(8-22)28(43,44)45,23-9-17(29(46,47)48)3-18(10-23)30(49,50)51)24-11-19(31(52,53)54)4-20(12-24)32(55,56)57;1-9-8-14-11(13)12(9)7-10-5-3-2-4-6-10/h1-12H;2-6,8H,7H2,1H3/q-1;/p+1. The molecule has 0 spiro atoms. The summed E-state index contributed by atoms with van der Waals surface area (Å²) < 4.78 is 344. The van der Waals surface area contributed by atoms with Gasteiger partial charge in [0.05, 0.1) is 49.9 Å². The first-order valence-electron chi connectivity index (χ1n) is 19.1. The smallest absolute Gasteiger partial charge is 0.194 e. The minimum Gasteiger partial charge on any atom is -0.194 e. The Morgan fingerprint density at radius 3 is 0.789 bits per heavy atom. The van der Waals surface area contributed by atoms with Gasteiger partial charge in [-0.25, -0.2) is 0 Å². The maximum absolute atomic E-state index is 14.2. The summed E-state index contributed by atoms with van der Waals surface area (Å²) in [5.74, 6) is 0. The largest absolute Gasteiger partial charge is 0.416 e. The first-order chi connectivity index (χ1) is 32.0. The van der Waals surface area contributed by atoms with Crippen molar-refractivity contribution < 1.29 is 110 Å². The zero-order valence-electron chi connectivity index (χ0n) is 34.6. The molecular weight excluding hydrogens is 1060 g/mol. The molecule has 0 unspecified atom stereocenters. The Morgan fingerprint density at radius 1 is 0.380 bits per heavy atom. The van der Waals surface area contributed by atoms with Gasteiger partial charge in [0.25, 0.3) is 4.34 Å². The van der Waals surface area contributed by atoms with Crippen LogP contribution in [0.25, 0.3) is 0 Å². The second kappa shape index (κ2) is 19.1. The van der Waals surface area contributed by atoms with Gasteiger partial charge in [0.1, 0.15) is 6.15 Å². The highest BCUT2D eigenvalue weighted by Gasteiger charge is 2.47. The van der Waals surface area contributed by atoms with E-state index in [0.717, 1.165) is 10.9 Å². The van der Waals surface area contributed by atoms with E-state index in [4.69, 9.17) is 0 Å². The number of nitrogens with zero attached hydrogens (tertiary/aromatic N) is 1. The summed E-state index contributed by atoms with van der Waals surface area (Å²) in [6, 6.07) is 1.63. The highest BCUT2D eigenvalue weighted by Crippen LogP contribution is 2.41. The van der Waals surface area contributed by atoms with E-state index in [1.165, 1.54) is 11.3 Å². The van der Waals surface area contributed by atoms with Gasteiger partial charge in [-0.05, 0) is 24.3 Å². The van der Waals surface area contributed by atoms with Crippen LogP contribution in [0.3, 0.4) is 0 Å². The summed E-state index contributed by atoms with van der Waals surface area (Å²) in [5, 5.41) is 2.13. The number of hydrogen-bond donors (Lipinski definition) is 1. The molecule has 0 bridgehead atoms. The number of rotatable bonds is 6. The van der Waals surface area contributed by atoms with E-state index >= 15 is 0 Å². The Morgan fingerprint density at radius 2 is 0.606 bits per heavy atom. The lowest BCUT2D eigenvalue weighted by molar-refractivity contribution is -0.723. The molecule has 5 aromatic carbocycles. The number of alkyl halides is 24. The van der Waals surface area contributed by atoms with Gasteiger partial charge in [0.15, 0.2) is 12.2 Å². The van der Waals surface area contributed by atoms with E-state index in [2.05, 4.69) is 53.8 Å². The highest BCUT2D eigenvalue weighted by atomic mass is 32.2. The van der Waals surface area contributed by atoms with Crippen LogP contribution in [-0.4, -0.2) is 6.15 Å². The van der Waals surface area contributed by atoms with Gasteiger partial charge in [-0.15, -0.1) is 0 Å². The zero-order valence-corrected chi connectivity index (χ0v) is 36.3. The normalized spacial score (nSPS) is 13.5. The summed E-state index contributed by atoms with van der Waals surface area (Å²) in [6.45, 7) is 3.02. The van der Waals surface area contributed by atoms with E-state index < -0.39 is 195 Å². The fraction of sp³-hybridized carbons (Fsp3) is 0.233. The molecule has 0 saturated heterocycles. The molecule has 0 aliphatic rings. The van der Waals surface area contributed by atoms with E-state index in [1.807, 2.05) is 6.07 Å². The molecule has 0 saturated carbocycles. The molecule has 71 heavy (non-hydrogen) atoms. The van der Waals surface area contributed by atoms with E-state index in [-0.39, 0.29) is 0 Å². The first-order valence-corrected chi connectivity index (χ1v) is 20.4. The predicted molar refractivity (Wildman–Crippen MR) is 212 cm³/mol. The summed E-state index contributed by atoms with van der Waals surface area (Å²) in [7, 11) is 0. The third-order valence-electron chi connectivity index (χ3n) is 10.6. The van der Waals surface area contributed by atoms with E-state index in [0.29, 0.717) is 0 Å². The molecule has 6 aromatic rings. The average molecular weight is 1090 g/mol. The summed E-state index contributed by atoms with van der Waals surface area (Å²) in [5.41, 5.74) is -27.6. The van der Waals surface area contributed by atoms with Crippen molar-refractivity contribution in [2.45, 2.75) is 67.2 Å². The average Bonchev–Trinajstić information content (AvgIpc) is 3.54. The van der Waals surface area contributed by atoms with Crippen molar-refractivity contribution in [1.29, 1.82) is 0 Å². The lowest BCUT2D eigenvalue weighted by Crippen LogP contribution is -2.75. The lowest BCUT2D eigenvalue weighted by Gasteiger charge is -2.46. The van der Waals surface area contributed by atoms with Crippen LogP contribution in [-0.2, 0) is 56.0 Å². The van der Waals surface area contributed by atoms with Gasteiger partial charge >= 0.3 is 49.4 Å². The molecule has 0 radical (unpaired) electrons. The molecular formula is C43H24BF24NS2. The Labute approximate surface area is 392 Å². The lowest BCUT2D eigenvalue weighted by atomic mass is 9.12. The van der Waals surface area contributed by atoms with Crippen LogP contribution >= 0.6 is 24.0 Å². The van der Waals surface area contributed by atoms with Crippen LogP contribution in [0.4, 0.5) is 105 Å². The summed E-state index contributed by atoms with van der Waals surface area (Å²) in [4.78, 5) is 0. The molecule has 6 rings (SSSR count). The Hall–Kier alpha value is -5.54. The predicted octanol–water partition coefficient (Wildman–Crippen LogP) is 13.9. The zero-order chi connectivity index (χ0) is 53.9. The minimum absolute atomic E-state index is 0.691. The second-order valence-corrected chi connectivity index (χ2v) is 17.0. The number of benzene rings is 5. The van der Waals surface area contributed by atoms with Crippen LogP contribution < -0.4 is 26.4 Å². The van der Waals surface area contributed by atoms with Crippen molar-refractivity contribution in [3.8, 4) is 0 Å². The fourth-order valence-electron chi connectivity index (χ4n) is 7.45. The van der Waals surface area contributed by atoms with Crippen molar-refractivity contribution in [1.82, 2.24) is 0 Å². The molecule has 0 atom stereocenters. The second-order valence-electron chi connectivity index (χ2n) is 15.5. The van der Waals surface area contributed by atoms with Crippen molar-refractivity contribution >= 4 is 52.0 Å². The number of aryl methyl sites for hydroxylation is 1. The van der Waals surface area contributed by atoms with Crippen molar-refractivity contribution in [3.05, 3.63) is 164 Å². The van der Waals surface area contributed by atoms with Crippen LogP contribution in [0.5, 0.6) is 0 Å². The van der Waals surface area contributed by atoms with Crippen LogP contribution in [0, 0.1) is 6.92 Å². The Bertz CT molecular complexity index is 2410. The molecule has 0 amide bonds. The maximum Gasteiger partial charge on any atom is 0.416 e. The van der Waals surface area contributed by atoms with Gasteiger partial charge in [-0.2, -0.15) is 132 Å². The van der Waals surface area contributed by atoms with Crippen LogP contribution in [0.1, 0.15) is 55.8 Å². The van der Waals surface area contributed by atoms with E-state index in [9.17, 15) is 105 Å². The number of hydrogen-bond acceptors (Lipinski definition) is 2. The topological polar surface area (TPSA) is 3.88 Å². The van der Waals surface area contributed by atoms with Crippen LogP contribution in [0.15, 0.2) is 113 Å². The van der Waals surface area contributed by atoms with Gasteiger partial charge in [-0.3, -0.25) is 0 Å². The quantitative estimate of drug-likeness (QED) is 0.0733. The van der Waals surface area contributed by atoms with Gasteiger partial charge in [0.2, 0.25) is 0 Å². The molecule has 0 N–H and O–H groups in total. The van der Waals surface area contributed by atoms with Gasteiger partial charge in [0, 0.05) is 12.5 Å². The third-order valence-corrected chi connectivity index (χ3v) is 12.1. The summed E-state index contributed by atoms with van der Waals surface area (Å²) in [6.07, 6.45) is -54.8. The molecule has 1 nitrogen and oxygen atoms in total. The first kappa shape index (κ1) is 56.4. The number of halogens is 24. The minimum atomic E-state index is -6.13. The molecule has 28 heteroatoms. The molecule has 384 valence electrons. The Kier molecular flexibility index (Phi) is 15.2. The fourth-order valence-corrected chi connectivity index (χ4v) is 8.57. The molecule has 1 aromatic heterocycles. The molecule has 0 aliphatic heterocycles. The van der Waals surface area contributed by atoms with Crippen LogP contribution in [0.2, 0.25) is 0 Å². The molecule has 1 heterocycles. The summed E-state index contributed by atoms with van der Waals surface area (Å²) >= 11 is 6.11. The van der Waals surface area contributed by atoms with E-state index in [1.54, 1.807) is 11.3 Å². The van der Waals surface area contributed by atoms with Crippen molar-refractivity contribution in [2.24, 2.45) is 0 Å². The highest BCUT2D eigenvalue weighted by molar-refractivity contribution is 7.82. The van der Waals surface area contributed by atoms with Gasteiger partial charge < -0.3 is 0 Å².